The van der Waals surface area contributed by atoms with Crippen LogP contribution in [0.3, 0.4) is 0 Å². The van der Waals surface area contributed by atoms with E-state index in [-0.39, 0.29) is 0 Å². The molecule has 2 heterocycles. The van der Waals surface area contributed by atoms with E-state index in [9.17, 15) is 0 Å². The van der Waals surface area contributed by atoms with Gasteiger partial charge in [-0.3, -0.25) is 0 Å². The molecule has 0 aliphatic carbocycles. The first-order valence-corrected chi connectivity index (χ1v) is 6.67. The lowest BCUT2D eigenvalue weighted by atomic mass is 10.1. The Kier molecular flexibility index (Phi) is 4.19. The molecule has 0 bridgehead atoms. The summed E-state index contributed by atoms with van der Waals surface area (Å²) in [5.74, 6) is 1.14. The highest BCUT2D eigenvalue weighted by molar-refractivity contribution is 5.49. The summed E-state index contributed by atoms with van der Waals surface area (Å²) in [6.07, 6.45) is 3.11. The van der Waals surface area contributed by atoms with Gasteiger partial charge in [-0.15, -0.1) is 0 Å². The molecule has 1 fully saturated rings. The van der Waals surface area contributed by atoms with Gasteiger partial charge in [0.1, 0.15) is 5.82 Å². The fourth-order valence-electron chi connectivity index (χ4n) is 2.52. The Balaban J connectivity index is 2.19. The van der Waals surface area contributed by atoms with Gasteiger partial charge in [0.2, 0.25) is 0 Å². The third-order valence-corrected chi connectivity index (χ3v) is 3.91. The van der Waals surface area contributed by atoms with E-state index in [1.165, 1.54) is 12.0 Å². The normalized spacial score (nSPS) is 21.6. The molecule has 1 aliphatic heterocycles. The highest BCUT2D eigenvalue weighted by atomic mass is 15.3. The second kappa shape index (κ2) is 5.67. The number of aromatic nitrogens is 1. The third-order valence-electron chi connectivity index (χ3n) is 3.91. The summed E-state index contributed by atoms with van der Waals surface area (Å²) < 4.78 is 0. The molecule has 1 aliphatic rings. The molecule has 1 saturated heterocycles. The van der Waals surface area contributed by atoms with Gasteiger partial charge >= 0.3 is 0 Å². The van der Waals surface area contributed by atoms with E-state index in [4.69, 9.17) is 0 Å². The second-order valence-electron chi connectivity index (χ2n) is 5.28. The van der Waals surface area contributed by atoms with Gasteiger partial charge < -0.3 is 15.1 Å². The molecule has 1 N–H and O–H groups in total. The molecular weight excluding hydrogens is 224 g/mol. The van der Waals surface area contributed by atoms with E-state index >= 15 is 0 Å². The lowest BCUT2D eigenvalue weighted by Crippen LogP contribution is -2.32. The van der Waals surface area contributed by atoms with Gasteiger partial charge in [-0.05, 0) is 40.6 Å². The Morgan fingerprint density at radius 3 is 2.89 bits per heavy atom. The van der Waals surface area contributed by atoms with Gasteiger partial charge in [0, 0.05) is 36.9 Å². The van der Waals surface area contributed by atoms with E-state index in [0.717, 1.165) is 18.9 Å². The van der Waals surface area contributed by atoms with Crippen LogP contribution in [0.25, 0.3) is 0 Å². The fourth-order valence-corrected chi connectivity index (χ4v) is 2.52. The Morgan fingerprint density at radius 2 is 2.28 bits per heavy atom. The van der Waals surface area contributed by atoms with Gasteiger partial charge in [0.05, 0.1) is 0 Å². The van der Waals surface area contributed by atoms with Crippen LogP contribution in [0.4, 0.5) is 5.82 Å². The Hall–Kier alpha value is -1.13. The number of anilines is 1. The maximum absolute atomic E-state index is 4.59. The third kappa shape index (κ3) is 2.65. The van der Waals surface area contributed by atoms with Gasteiger partial charge in [0.15, 0.2) is 0 Å². The standard InChI is InChI=1S/C14H24N4/c1-11(15-2)13-6-5-8-16-14(13)18-9-7-12(10-18)17(3)4/h5-6,8,11-12,15H,7,9-10H2,1-4H3. The first kappa shape index (κ1) is 13.3. The highest BCUT2D eigenvalue weighted by Crippen LogP contribution is 2.27. The number of pyridine rings is 1. The Morgan fingerprint density at radius 1 is 1.50 bits per heavy atom. The molecule has 2 atom stereocenters. The first-order valence-electron chi connectivity index (χ1n) is 6.67. The number of likely N-dealkylation sites (N-methyl/N-ethyl adjacent to an activating group) is 1. The van der Waals surface area contributed by atoms with Crippen LogP contribution < -0.4 is 10.2 Å². The van der Waals surface area contributed by atoms with E-state index in [1.807, 2.05) is 19.3 Å². The molecule has 1 aromatic rings. The average Bonchev–Trinajstić information content (AvgIpc) is 2.87. The number of rotatable bonds is 4. The predicted molar refractivity (Wildman–Crippen MR) is 76.0 cm³/mol. The van der Waals surface area contributed by atoms with Crippen molar-refractivity contribution in [1.82, 2.24) is 15.2 Å². The quantitative estimate of drug-likeness (QED) is 0.875. The van der Waals surface area contributed by atoms with Crippen molar-refractivity contribution in [3.8, 4) is 0 Å². The van der Waals surface area contributed by atoms with Gasteiger partial charge in [0.25, 0.3) is 0 Å². The molecule has 0 spiro atoms. The van der Waals surface area contributed by atoms with Crippen LogP contribution in [-0.4, -0.2) is 50.2 Å². The molecule has 4 nitrogen and oxygen atoms in total. The van der Waals surface area contributed by atoms with Gasteiger partial charge in [-0.25, -0.2) is 4.98 Å². The molecule has 100 valence electrons. The van der Waals surface area contributed by atoms with E-state index < -0.39 is 0 Å². The predicted octanol–water partition coefficient (Wildman–Crippen LogP) is 1.50. The maximum Gasteiger partial charge on any atom is 0.133 e. The van der Waals surface area contributed by atoms with Crippen LogP contribution in [0.5, 0.6) is 0 Å². The minimum atomic E-state index is 0.340. The summed E-state index contributed by atoms with van der Waals surface area (Å²) in [5, 5.41) is 3.30. The molecule has 0 amide bonds. The number of nitrogens with one attached hydrogen (secondary N) is 1. The summed E-state index contributed by atoms with van der Waals surface area (Å²) >= 11 is 0. The molecule has 1 aromatic heterocycles. The molecule has 0 saturated carbocycles. The van der Waals surface area contributed by atoms with Crippen molar-refractivity contribution in [2.45, 2.75) is 25.4 Å². The van der Waals surface area contributed by atoms with E-state index in [0.29, 0.717) is 12.1 Å². The summed E-state index contributed by atoms with van der Waals surface area (Å²) in [7, 11) is 6.31. The van der Waals surface area contributed by atoms with Crippen LogP contribution in [0.15, 0.2) is 18.3 Å². The van der Waals surface area contributed by atoms with Crippen molar-refractivity contribution < 1.29 is 0 Å². The van der Waals surface area contributed by atoms with Crippen LogP contribution in [0.1, 0.15) is 24.9 Å². The summed E-state index contributed by atoms with van der Waals surface area (Å²) in [4.78, 5) is 9.31. The SMILES string of the molecule is CNC(C)c1cccnc1N1CCC(N(C)C)C1. The minimum absolute atomic E-state index is 0.340. The zero-order valence-corrected chi connectivity index (χ0v) is 11.8. The molecule has 2 rings (SSSR count). The fraction of sp³-hybridized carbons (Fsp3) is 0.643. The Bertz CT molecular complexity index is 391. The van der Waals surface area contributed by atoms with Gasteiger partial charge in [-0.1, -0.05) is 6.07 Å². The number of hydrogen-bond acceptors (Lipinski definition) is 4. The van der Waals surface area contributed by atoms with Crippen LogP contribution >= 0.6 is 0 Å². The number of hydrogen-bond donors (Lipinski definition) is 1. The van der Waals surface area contributed by atoms with Crippen LogP contribution in [0, 0.1) is 0 Å². The molecule has 2 unspecified atom stereocenters. The van der Waals surface area contributed by atoms with Crippen LogP contribution in [-0.2, 0) is 0 Å². The minimum Gasteiger partial charge on any atom is -0.355 e. The van der Waals surface area contributed by atoms with Crippen molar-refractivity contribution in [2.24, 2.45) is 0 Å². The largest absolute Gasteiger partial charge is 0.355 e. The zero-order chi connectivity index (χ0) is 13.1. The maximum atomic E-state index is 4.59. The monoisotopic (exact) mass is 248 g/mol. The smallest absolute Gasteiger partial charge is 0.133 e. The van der Waals surface area contributed by atoms with Crippen molar-refractivity contribution in [1.29, 1.82) is 0 Å². The molecular formula is C14H24N4. The van der Waals surface area contributed by atoms with Crippen LogP contribution in [0.2, 0.25) is 0 Å². The van der Waals surface area contributed by atoms with Crippen molar-refractivity contribution >= 4 is 5.82 Å². The van der Waals surface area contributed by atoms with E-state index in [1.54, 1.807) is 0 Å². The topological polar surface area (TPSA) is 31.4 Å². The average molecular weight is 248 g/mol. The summed E-state index contributed by atoms with van der Waals surface area (Å²) in [6.45, 7) is 4.36. The number of nitrogens with zero attached hydrogens (tertiary/aromatic N) is 3. The summed E-state index contributed by atoms with van der Waals surface area (Å²) in [5.41, 5.74) is 1.29. The molecule has 0 aromatic carbocycles. The van der Waals surface area contributed by atoms with E-state index in [2.05, 4.69) is 47.2 Å². The zero-order valence-electron chi connectivity index (χ0n) is 11.8. The van der Waals surface area contributed by atoms with Gasteiger partial charge in [-0.2, -0.15) is 0 Å². The van der Waals surface area contributed by atoms with Crippen molar-refractivity contribution in [3.05, 3.63) is 23.9 Å². The Labute approximate surface area is 110 Å². The highest BCUT2D eigenvalue weighted by Gasteiger charge is 2.26. The lowest BCUT2D eigenvalue weighted by Gasteiger charge is -2.24. The lowest BCUT2D eigenvalue weighted by molar-refractivity contribution is 0.315. The molecule has 0 radical (unpaired) electrons. The molecule has 18 heavy (non-hydrogen) atoms. The van der Waals surface area contributed by atoms with Crippen molar-refractivity contribution in [3.63, 3.8) is 0 Å². The second-order valence-corrected chi connectivity index (χ2v) is 5.28. The molecule has 4 heteroatoms. The first-order chi connectivity index (χ1) is 8.63. The summed E-state index contributed by atoms with van der Waals surface area (Å²) in [6, 6.07) is 5.18. The van der Waals surface area contributed by atoms with Crippen molar-refractivity contribution in [2.75, 3.05) is 39.1 Å².